The predicted octanol–water partition coefficient (Wildman–Crippen LogP) is 7.52. The zero-order valence-electron chi connectivity index (χ0n) is 20.2. The fourth-order valence-corrected chi connectivity index (χ4v) is 5.60. The number of anilines is 1. The van der Waals surface area contributed by atoms with Crippen LogP contribution in [-0.2, 0) is 4.79 Å². The zero-order chi connectivity index (χ0) is 24.9. The van der Waals surface area contributed by atoms with E-state index in [1.807, 2.05) is 26.0 Å². The molecule has 0 spiro atoms. The van der Waals surface area contributed by atoms with E-state index in [4.69, 9.17) is 32.7 Å². The van der Waals surface area contributed by atoms with Gasteiger partial charge in [-0.15, -0.1) is 0 Å². The summed E-state index contributed by atoms with van der Waals surface area (Å²) in [4.78, 5) is 23.2. The molecule has 8 heteroatoms. The highest BCUT2D eigenvalue weighted by Crippen LogP contribution is 2.39. The Morgan fingerprint density at radius 3 is 2.60 bits per heavy atom. The van der Waals surface area contributed by atoms with E-state index in [0.717, 1.165) is 52.4 Å². The second-order valence-corrected chi connectivity index (χ2v) is 10.4. The van der Waals surface area contributed by atoms with Crippen molar-refractivity contribution in [3.8, 4) is 0 Å². The van der Waals surface area contributed by atoms with Gasteiger partial charge in [0.1, 0.15) is 11.6 Å². The first-order valence-corrected chi connectivity index (χ1v) is 12.7. The summed E-state index contributed by atoms with van der Waals surface area (Å²) in [7, 11) is 0. The fraction of sp³-hybridized carbons (Fsp3) is 0.370. The molecule has 182 valence electrons. The Morgan fingerprint density at radius 1 is 1.11 bits per heavy atom. The first kappa shape index (κ1) is 23.9. The molecule has 2 aromatic heterocycles. The highest BCUT2D eigenvalue weighted by atomic mass is 35.5. The van der Waals surface area contributed by atoms with Crippen molar-refractivity contribution in [3.63, 3.8) is 0 Å². The Hall–Kier alpha value is -2.83. The van der Waals surface area contributed by atoms with Crippen LogP contribution < -0.4 is 4.90 Å². The number of rotatable bonds is 5. The molecule has 6 nitrogen and oxygen atoms in total. The number of amides is 1. The van der Waals surface area contributed by atoms with Gasteiger partial charge in [-0.1, -0.05) is 48.3 Å². The number of nitrogens with one attached hydrogen (secondary N) is 1. The molecule has 0 aliphatic carbocycles. The second kappa shape index (κ2) is 9.32. The number of nitrogens with zero attached hydrogens (tertiary/aromatic N) is 3. The van der Waals surface area contributed by atoms with Crippen LogP contribution in [0, 0.1) is 19.8 Å². The van der Waals surface area contributed by atoms with Crippen LogP contribution in [0.15, 0.2) is 40.9 Å². The highest BCUT2D eigenvalue weighted by molar-refractivity contribution is 6.42. The molecule has 2 atom stereocenters. The molecule has 1 amide bonds. The molecule has 1 aliphatic heterocycles. The molecule has 0 bridgehead atoms. The van der Waals surface area contributed by atoms with Gasteiger partial charge >= 0.3 is 0 Å². The molecule has 1 aliphatic rings. The van der Waals surface area contributed by atoms with Crippen molar-refractivity contribution in [3.05, 3.63) is 74.8 Å². The molecule has 3 heterocycles. The average Bonchev–Trinajstić information content (AvgIpc) is 3.39. The van der Waals surface area contributed by atoms with Crippen LogP contribution in [0.4, 0.5) is 5.69 Å². The molecule has 1 N–H and O–H groups in total. The van der Waals surface area contributed by atoms with Gasteiger partial charge in [-0.25, -0.2) is 4.98 Å². The summed E-state index contributed by atoms with van der Waals surface area (Å²) < 4.78 is 5.47. The fourth-order valence-electron chi connectivity index (χ4n) is 5.31. The number of hydrogen-bond acceptors (Lipinski definition) is 4. The SMILES string of the molecule is Cc1noc(C)c1C(c1ccc2nc([C@@H]3CCCC(=O)N3c3ccc(Cl)c(Cl)c3)[nH]c2c1)C(C)C. The summed E-state index contributed by atoms with van der Waals surface area (Å²) in [6.07, 6.45) is 2.12. The van der Waals surface area contributed by atoms with Crippen LogP contribution >= 0.6 is 23.2 Å². The first-order valence-electron chi connectivity index (χ1n) is 11.9. The number of aromatic amines is 1. The smallest absolute Gasteiger partial charge is 0.227 e. The Balaban J connectivity index is 1.55. The molecule has 35 heavy (non-hydrogen) atoms. The normalized spacial score (nSPS) is 17.5. The van der Waals surface area contributed by atoms with Crippen molar-refractivity contribution < 1.29 is 9.32 Å². The van der Waals surface area contributed by atoms with Gasteiger partial charge < -0.3 is 14.4 Å². The van der Waals surface area contributed by atoms with Crippen molar-refractivity contribution in [2.75, 3.05) is 4.90 Å². The minimum atomic E-state index is -0.201. The maximum absolute atomic E-state index is 13.0. The third kappa shape index (κ3) is 4.34. The molecular formula is C27H28Cl2N4O2. The molecule has 4 aromatic rings. The minimum absolute atomic E-state index is 0.0547. The lowest BCUT2D eigenvalue weighted by Gasteiger charge is -2.34. The van der Waals surface area contributed by atoms with Gasteiger partial charge in [0.25, 0.3) is 0 Å². The lowest BCUT2D eigenvalue weighted by atomic mass is 9.81. The number of imidazole rings is 1. The Kier molecular flexibility index (Phi) is 6.36. The number of aryl methyl sites for hydroxylation is 2. The Bertz CT molecular complexity index is 1390. The monoisotopic (exact) mass is 510 g/mol. The molecule has 1 saturated heterocycles. The molecule has 1 fully saturated rings. The van der Waals surface area contributed by atoms with Gasteiger partial charge in [-0.3, -0.25) is 4.79 Å². The number of fused-ring (bicyclic) bond motifs is 1. The average molecular weight is 511 g/mol. The highest BCUT2D eigenvalue weighted by Gasteiger charge is 2.33. The molecule has 0 saturated carbocycles. The van der Waals surface area contributed by atoms with Crippen LogP contribution in [0.5, 0.6) is 0 Å². The van der Waals surface area contributed by atoms with E-state index in [2.05, 4.69) is 36.1 Å². The van der Waals surface area contributed by atoms with Crippen molar-refractivity contribution in [2.24, 2.45) is 5.92 Å². The summed E-state index contributed by atoms with van der Waals surface area (Å²) >= 11 is 12.4. The number of carbonyl (C=O) groups is 1. The second-order valence-electron chi connectivity index (χ2n) is 9.63. The largest absolute Gasteiger partial charge is 0.361 e. The van der Waals surface area contributed by atoms with Gasteiger partial charge in [-0.2, -0.15) is 0 Å². The third-order valence-corrected chi connectivity index (χ3v) is 7.63. The molecule has 2 aromatic carbocycles. The first-order chi connectivity index (χ1) is 16.7. The van der Waals surface area contributed by atoms with E-state index < -0.39 is 0 Å². The summed E-state index contributed by atoms with van der Waals surface area (Å²) in [6, 6.07) is 11.5. The maximum atomic E-state index is 13.0. The lowest BCUT2D eigenvalue weighted by Crippen LogP contribution is -2.38. The van der Waals surface area contributed by atoms with Gasteiger partial charge in [0.15, 0.2) is 0 Å². The summed E-state index contributed by atoms with van der Waals surface area (Å²) in [6.45, 7) is 8.38. The third-order valence-electron chi connectivity index (χ3n) is 6.90. The van der Waals surface area contributed by atoms with E-state index in [9.17, 15) is 4.79 Å². The van der Waals surface area contributed by atoms with Gasteiger partial charge in [0.05, 0.1) is 32.8 Å². The molecule has 5 rings (SSSR count). The summed E-state index contributed by atoms with van der Waals surface area (Å²) in [5.41, 5.74) is 5.79. The number of hydrogen-bond donors (Lipinski definition) is 1. The van der Waals surface area contributed by atoms with E-state index in [0.29, 0.717) is 22.4 Å². The van der Waals surface area contributed by atoms with Gasteiger partial charge in [0.2, 0.25) is 5.91 Å². The number of piperidine rings is 1. The predicted molar refractivity (Wildman–Crippen MR) is 139 cm³/mol. The number of H-pyrrole nitrogens is 1. The summed E-state index contributed by atoms with van der Waals surface area (Å²) in [5.74, 6) is 2.19. The van der Waals surface area contributed by atoms with Crippen LogP contribution in [0.25, 0.3) is 11.0 Å². The van der Waals surface area contributed by atoms with Crippen molar-refractivity contribution in [1.29, 1.82) is 0 Å². The molecule has 1 unspecified atom stereocenters. The Labute approximate surface area is 214 Å². The number of carbonyl (C=O) groups excluding carboxylic acids is 1. The van der Waals surface area contributed by atoms with Crippen molar-refractivity contribution in [1.82, 2.24) is 15.1 Å². The van der Waals surface area contributed by atoms with E-state index in [1.165, 1.54) is 5.56 Å². The molecular weight excluding hydrogens is 483 g/mol. The number of halogens is 2. The quantitative estimate of drug-likeness (QED) is 0.301. The molecule has 0 radical (unpaired) electrons. The number of benzene rings is 2. The topological polar surface area (TPSA) is 75.0 Å². The van der Waals surface area contributed by atoms with Crippen molar-refractivity contribution in [2.45, 2.75) is 58.9 Å². The Morgan fingerprint density at radius 2 is 1.91 bits per heavy atom. The summed E-state index contributed by atoms with van der Waals surface area (Å²) in [5, 5.41) is 5.07. The van der Waals surface area contributed by atoms with Gasteiger partial charge in [-0.05, 0) is 68.5 Å². The van der Waals surface area contributed by atoms with Crippen LogP contribution in [0.1, 0.15) is 73.5 Å². The van der Waals surface area contributed by atoms with Crippen molar-refractivity contribution >= 4 is 45.8 Å². The van der Waals surface area contributed by atoms with Gasteiger partial charge in [0, 0.05) is 23.6 Å². The van der Waals surface area contributed by atoms with E-state index in [1.54, 1.807) is 17.0 Å². The van der Waals surface area contributed by atoms with Crippen LogP contribution in [0.2, 0.25) is 10.0 Å². The number of aromatic nitrogens is 3. The van der Waals surface area contributed by atoms with E-state index >= 15 is 0 Å². The standard InChI is InChI=1S/C27H28Cl2N4O2/c1-14(2)25(26-15(3)32-35-16(26)4)17-8-11-21-22(12-17)31-27(30-21)23-6-5-7-24(34)33(23)18-9-10-19(28)20(29)13-18/h8-14,23,25H,5-7H2,1-4H3,(H,30,31)/t23-,25?/m0/s1. The van der Waals surface area contributed by atoms with Crippen LogP contribution in [0.3, 0.4) is 0 Å². The zero-order valence-corrected chi connectivity index (χ0v) is 21.7. The lowest BCUT2D eigenvalue weighted by molar-refractivity contribution is -0.120. The maximum Gasteiger partial charge on any atom is 0.227 e. The minimum Gasteiger partial charge on any atom is -0.361 e. The van der Waals surface area contributed by atoms with Crippen LogP contribution in [-0.4, -0.2) is 21.0 Å². The van der Waals surface area contributed by atoms with E-state index in [-0.39, 0.29) is 17.9 Å².